The number of aromatic nitrogens is 1. The second kappa shape index (κ2) is 9.47. The zero-order valence-corrected chi connectivity index (χ0v) is 25.1. The summed E-state index contributed by atoms with van der Waals surface area (Å²) < 4.78 is 0. The van der Waals surface area contributed by atoms with Crippen molar-refractivity contribution in [3.63, 3.8) is 0 Å². The number of fused-ring (bicyclic) bond motifs is 6. The third-order valence-corrected chi connectivity index (χ3v) is 9.25. The molecule has 0 aliphatic heterocycles. The number of H-pyrrole nitrogens is 1. The third-order valence-electron chi connectivity index (χ3n) is 9.25. The van der Waals surface area contributed by atoms with E-state index in [-0.39, 0.29) is 5.41 Å². The van der Waals surface area contributed by atoms with E-state index in [2.05, 4.69) is 165 Å². The first-order valence-corrected chi connectivity index (χ1v) is 15.1. The van der Waals surface area contributed by atoms with E-state index in [0.29, 0.717) is 0 Å². The van der Waals surface area contributed by atoms with Gasteiger partial charge in [0.2, 0.25) is 0 Å². The average Bonchev–Trinajstić information content (AvgIpc) is 3.50. The van der Waals surface area contributed by atoms with Crippen LogP contribution < -0.4 is 4.90 Å². The summed E-state index contributed by atoms with van der Waals surface area (Å²) in [6, 6.07) is 46.8. The lowest BCUT2D eigenvalue weighted by molar-refractivity contribution is 0.660. The minimum atomic E-state index is -0.143. The second-order valence-electron chi connectivity index (χ2n) is 12.5. The van der Waals surface area contributed by atoms with Gasteiger partial charge in [0.25, 0.3) is 0 Å². The number of nitrogens with zero attached hydrogens (tertiary/aromatic N) is 1. The Labute approximate surface area is 253 Å². The summed E-state index contributed by atoms with van der Waals surface area (Å²) in [5.74, 6) is 0. The average molecular weight is 555 g/mol. The van der Waals surface area contributed by atoms with Crippen molar-refractivity contribution in [1.82, 2.24) is 4.98 Å². The van der Waals surface area contributed by atoms with Gasteiger partial charge in [-0.25, -0.2) is 0 Å². The number of benzene rings is 6. The summed E-state index contributed by atoms with van der Waals surface area (Å²) in [4.78, 5) is 6.09. The van der Waals surface area contributed by atoms with Gasteiger partial charge < -0.3 is 9.88 Å². The van der Waals surface area contributed by atoms with E-state index in [1.165, 1.54) is 77.7 Å². The number of hydrogen-bond donors (Lipinski definition) is 1. The van der Waals surface area contributed by atoms with E-state index >= 15 is 0 Å². The van der Waals surface area contributed by atoms with Crippen LogP contribution in [0, 0.1) is 13.8 Å². The summed E-state index contributed by atoms with van der Waals surface area (Å²) in [5.41, 5.74) is 16.2. The van der Waals surface area contributed by atoms with Gasteiger partial charge in [-0.05, 0) is 101 Å². The molecule has 0 bridgehead atoms. The van der Waals surface area contributed by atoms with Gasteiger partial charge in [-0.15, -0.1) is 0 Å². The predicted molar refractivity (Wildman–Crippen MR) is 183 cm³/mol. The highest BCUT2D eigenvalue weighted by Crippen LogP contribution is 2.52. The summed E-state index contributed by atoms with van der Waals surface area (Å²) in [5, 5.41) is 2.54. The van der Waals surface area contributed by atoms with Gasteiger partial charge in [-0.3, -0.25) is 0 Å². The molecule has 0 atom stereocenters. The smallest absolute Gasteiger partial charge is 0.0544 e. The van der Waals surface area contributed by atoms with Gasteiger partial charge in [-0.1, -0.05) is 92.7 Å². The molecule has 1 aliphatic carbocycles. The van der Waals surface area contributed by atoms with Crippen molar-refractivity contribution in [2.24, 2.45) is 0 Å². The Hall–Kier alpha value is -5.08. The molecular formula is C41H34N2. The van der Waals surface area contributed by atoms with Crippen molar-refractivity contribution in [2.75, 3.05) is 4.90 Å². The summed E-state index contributed by atoms with van der Waals surface area (Å²) >= 11 is 0. The van der Waals surface area contributed by atoms with Gasteiger partial charge in [0.15, 0.2) is 0 Å². The maximum Gasteiger partial charge on any atom is 0.0544 e. The minimum absolute atomic E-state index is 0.143. The fraction of sp³-hybridized carbons (Fsp3) is 0.122. The van der Waals surface area contributed by atoms with Crippen LogP contribution in [0.15, 0.2) is 127 Å². The molecule has 0 saturated heterocycles. The van der Waals surface area contributed by atoms with Crippen molar-refractivity contribution in [1.29, 1.82) is 0 Å². The number of anilines is 3. The van der Waals surface area contributed by atoms with Crippen LogP contribution in [-0.2, 0) is 5.41 Å². The van der Waals surface area contributed by atoms with Crippen LogP contribution in [0.5, 0.6) is 0 Å². The van der Waals surface area contributed by atoms with Gasteiger partial charge in [0, 0.05) is 44.3 Å². The monoisotopic (exact) mass is 554 g/mol. The predicted octanol–water partition coefficient (Wildman–Crippen LogP) is 11.4. The van der Waals surface area contributed by atoms with E-state index in [1.807, 2.05) is 0 Å². The highest BCUT2D eigenvalue weighted by atomic mass is 15.1. The van der Waals surface area contributed by atoms with E-state index < -0.39 is 0 Å². The number of nitrogens with one attached hydrogen (secondary N) is 1. The number of hydrogen-bond acceptors (Lipinski definition) is 1. The standard InChI is InChI=1S/C41H34N2/c1-26-21-27(2)23-31(22-26)43(29-11-6-5-7-12-29)30-18-20-34-33-19-17-28(24-37(33)41(3,4)38(34)25-30)32-14-10-15-36-35-13-8-9-16-39(35)42-40(32)36/h5-25,42H,1-4H3. The lowest BCUT2D eigenvalue weighted by atomic mass is 9.81. The summed E-state index contributed by atoms with van der Waals surface area (Å²) in [6.07, 6.45) is 0. The quantitative estimate of drug-likeness (QED) is 0.229. The molecule has 2 nitrogen and oxygen atoms in total. The van der Waals surface area contributed by atoms with E-state index in [0.717, 1.165) is 5.69 Å². The molecule has 0 unspecified atom stereocenters. The molecule has 1 N–H and O–H groups in total. The van der Waals surface area contributed by atoms with Crippen molar-refractivity contribution in [3.05, 3.63) is 150 Å². The molecule has 1 heterocycles. The maximum atomic E-state index is 3.70. The van der Waals surface area contributed by atoms with Crippen molar-refractivity contribution in [2.45, 2.75) is 33.1 Å². The normalized spacial score (nSPS) is 13.3. The van der Waals surface area contributed by atoms with Crippen LogP contribution in [0.3, 0.4) is 0 Å². The van der Waals surface area contributed by atoms with Crippen LogP contribution in [-0.4, -0.2) is 4.98 Å². The zero-order chi connectivity index (χ0) is 29.3. The van der Waals surface area contributed by atoms with Gasteiger partial charge in [0.1, 0.15) is 0 Å². The van der Waals surface area contributed by atoms with Gasteiger partial charge in [0.05, 0.1) is 5.52 Å². The van der Waals surface area contributed by atoms with Crippen LogP contribution in [0.4, 0.5) is 17.1 Å². The maximum absolute atomic E-state index is 3.70. The van der Waals surface area contributed by atoms with E-state index in [9.17, 15) is 0 Å². The van der Waals surface area contributed by atoms with Crippen molar-refractivity contribution >= 4 is 38.9 Å². The Balaban J connectivity index is 1.26. The number of aromatic amines is 1. The van der Waals surface area contributed by atoms with Crippen molar-refractivity contribution < 1.29 is 0 Å². The molecule has 2 heteroatoms. The van der Waals surface area contributed by atoms with Gasteiger partial charge in [-0.2, -0.15) is 0 Å². The molecule has 6 aromatic carbocycles. The first-order chi connectivity index (χ1) is 20.9. The molecule has 0 amide bonds. The lowest BCUT2D eigenvalue weighted by Gasteiger charge is -2.28. The SMILES string of the molecule is Cc1cc(C)cc(N(c2ccccc2)c2ccc3c(c2)C(C)(C)c2cc(-c4cccc5c4[nH]c4ccccc45)ccc2-3)c1. The fourth-order valence-electron chi connectivity index (χ4n) is 7.25. The molecule has 43 heavy (non-hydrogen) atoms. The van der Waals surface area contributed by atoms with Gasteiger partial charge >= 0.3 is 0 Å². The lowest BCUT2D eigenvalue weighted by Crippen LogP contribution is -2.16. The first-order valence-electron chi connectivity index (χ1n) is 15.1. The largest absolute Gasteiger partial charge is 0.354 e. The number of aryl methyl sites for hydroxylation is 2. The highest BCUT2D eigenvalue weighted by molar-refractivity contribution is 6.12. The first kappa shape index (κ1) is 25.6. The van der Waals surface area contributed by atoms with Crippen LogP contribution in [0.2, 0.25) is 0 Å². The van der Waals surface area contributed by atoms with Crippen LogP contribution >= 0.6 is 0 Å². The van der Waals surface area contributed by atoms with Crippen LogP contribution in [0.1, 0.15) is 36.1 Å². The molecule has 1 aromatic heterocycles. The minimum Gasteiger partial charge on any atom is -0.354 e. The number of para-hydroxylation sites is 3. The van der Waals surface area contributed by atoms with Crippen molar-refractivity contribution in [3.8, 4) is 22.3 Å². The van der Waals surface area contributed by atoms with Crippen LogP contribution in [0.25, 0.3) is 44.1 Å². The third kappa shape index (κ3) is 4.01. The Morgan fingerprint density at radius 2 is 1.19 bits per heavy atom. The Morgan fingerprint density at radius 1 is 0.512 bits per heavy atom. The molecule has 208 valence electrons. The fourth-order valence-corrected chi connectivity index (χ4v) is 7.25. The molecule has 7 aromatic rings. The van der Waals surface area contributed by atoms with E-state index in [4.69, 9.17) is 0 Å². The molecule has 0 spiro atoms. The topological polar surface area (TPSA) is 19.0 Å². The molecule has 1 aliphatic rings. The number of rotatable bonds is 4. The molecule has 0 fully saturated rings. The second-order valence-corrected chi connectivity index (χ2v) is 12.5. The molecule has 0 saturated carbocycles. The molecular weight excluding hydrogens is 520 g/mol. The Kier molecular flexibility index (Phi) is 5.64. The van der Waals surface area contributed by atoms with E-state index in [1.54, 1.807) is 0 Å². The zero-order valence-electron chi connectivity index (χ0n) is 25.1. The Bertz CT molecular complexity index is 2160. The summed E-state index contributed by atoms with van der Waals surface area (Å²) in [7, 11) is 0. The summed E-state index contributed by atoms with van der Waals surface area (Å²) in [6.45, 7) is 9.10. The molecule has 8 rings (SSSR count). The highest BCUT2D eigenvalue weighted by Gasteiger charge is 2.36. The molecule has 0 radical (unpaired) electrons. The Morgan fingerprint density at radius 3 is 1.98 bits per heavy atom.